The van der Waals surface area contributed by atoms with Crippen LogP contribution in [0, 0.1) is 26.7 Å². The summed E-state index contributed by atoms with van der Waals surface area (Å²) in [5.74, 6) is 1.59. The SMILES string of the molecule is Cc1cc(C)n2ncc(C(=O)N3C[C@H]4CCc5cnc(C)nc5[C@H]4C3)c2n1. The standard InChI is InChI=1S/C20H22N6O/c1-11-6-12(2)26-19(23-11)16(8-22-26)20(27)25-9-15-5-4-14-7-21-13(3)24-18(14)17(15)10-25/h6-8,15,17H,4-5,9-10H2,1-3H3/t15-,17+/m1/s1. The molecule has 0 radical (unpaired) electrons. The van der Waals surface area contributed by atoms with Gasteiger partial charge in [0.2, 0.25) is 0 Å². The number of rotatable bonds is 1. The Labute approximate surface area is 157 Å². The largest absolute Gasteiger partial charge is 0.337 e. The lowest BCUT2D eigenvalue weighted by Gasteiger charge is -2.25. The maximum Gasteiger partial charge on any atom is 0.259 e. The van der Waals surface area contributed by atoms with E-state index in [1.807, 2.05) is 37.9 Å². The highest BCUT2D eigenvalue weighted by molar-refractivity contribution is 5.99. The number of carbonyl (C=O) groups is 1. The molecule has 0 aromatic carbocycles. The van der Waals surface area contributed by atoms with Crippen LogP contribution in [0.4, 0.5) is 0 Å². The zero-order valence-corrected chi connectivity index (χ0v) is 15.8. The second kappa shape index (κ2) is 5.84. The van der Waals surface area contributed by atoms with E-state index in [9.17, 15) is 4.79 Å². The van der Waals surface area contributed by atoms with Crippen molar-refractivity contribution in [2.45, 2.75) is 39.5 Å². The number of amides is 1. The van der Waals surface area contributed by atoms with Crippen molar-refractivity contribution in [3.63, 3.8) is 0 Å². The van der Waals surface area contributed by atoms with Crippen LogP contribution in [0.3, 0.4) is 0 Å². The van der Waals surface area contributed by atoms with Gasteiger partial charge in [-0.05, 0) is 51.2 Å². The predicted octanol–water partition coefficient (Wildman–Crippen LogP) is 2.25. The van der Waals surface area contributed by atoms with Crippen LogP contribution in [0.1, 0.15) is 51.2 Å². The molecule has 27 heavy (non-hydrogen) atoms. The Balaban J connectivity index is 1.48. The van der Waals surface area contributed by atoms with Crippen LogP contribution < -0.4 is 0 Å². The van der Waals surface area contributed by atoms with Crippen LogP contribution in [0.25, 0.3) is 5.65 Å². The fourth-order valence-electron chi connectivity index (χ4n) is 4.60. The van der Waals surface area contributed by atoms with Gasteiger partial charge in [0.15, 0.2) is 5.65 Å². The Bertz CT molecular complexity index is 1070. The second-order valence-corrected chi connectivity index (χ2v) is 7.78. The van der Waals surface area contributed by atoms with Gasteiger partial charge in [-0.3, -0.25) is 4.79 Å². The van der Waals surface area contributed by atoms with E-state index in [4.69, 9.17) is 4.98 Å². The van der Waals surface area contributed by atoms with Gasteiger partial charge >= 0.3 is 0 Å². The quantitative estimate of drug-likeness (QED) is 0.664. The summed E-state index contributed by atoms with van der Waals surface area (Å²) in [5.41, 5.74) is 5.47. The Hall–Kier alpha value is -2.83. The van der Waals surface area contributed by atoms with Gasteiger partial charge in [-0.15, -0.1) is 0 Å². The van der Waals surface area contributed by atoms with Crippen molar-refractivity contribution >= 4 is 11.6 Å². The van der Waals surface area contributed by atoms with E-state index in [-0.39, 0.29) is 5.91 Å². The van der Waals surface area contributed by atoms with Crippen molar-refractivity contribution in [3.05, 3.63) is 52.5 Å². The lowest BCUT2D eigenvalue weighted by Crippen LogP contribution is -2.29. The lowest BCUT2D eigenvalue weighted by atomic mass is 9.80. The van der Waals surface area contributed by atoms with Crippen LogP contribution in [-0.2, 0) is 6.42 Å². The first-order chi connectivity index (χ1) is 13.0. The molecule has 2 aliphatic rings. The second-order valence-electron chi connectivity index (χ2n) is 7.78. The van der Waals surface area contributed by atoms with E-state index in [0.29, 0.717) is 29.6 Å². The van der Waals surface area contributed by atoms with Crippen LogP contribution in [0.5, 0.6) is 0 Å². The Morgan fingerprint density at radius 2 is 2.00 bits per heavy atom. The molecule has 138 valence electrons. The molecule has 3 aromatic rings. The fourth-order valence-corrected chi connectivity index (χ4v) is 4.60. The van der Waals surface area contributed by atoms with Gasteiger partial charge in [-0.1, -0.05) is 0 Å². The summed E-state index contributed by atoms with van der Waals surface area (Å²) in [6.45, 7) is 7.32. The minimum atomic E-state index is 0.0178. The molecule has 1 saturated heterocycles. The zero-order chi connectivity index (χ0) is 18.7. The molecule has 0 bridgehead atoms. The van der Waals surface area contributed by atoms with Gasteiger partial charge in [0, 0.05) is 36.6 Å². The molecule has 1 aliphatic carbocycles. The summed E-state index contributed by atoms with van der Waals surface area (Å²) in [6.07, 6.45) is 5.69. The summed E-state index contributed by atoms with van der Waals surface area (Å²) in [6, 6.07) is 1.97. The van der Waals surface area contributed by atoms with Crippen LogP contribution in [-0.4, -0.2) is 48.5 Å². The molecule has 0 saturated carbocycles. The molecule has 1 fully saturated rings. The molecule has 0 N–H and O–H groups in total. The molecule has 2 atom stereocenters. The molecular formula is C20H22N6O. The lowest BCUT2D eigenvalue weighted by molar-refractivity contribution is 0.0787. The van der Waals surface area contributed by atoms with E-state index >= 15 is 0 Å². The highest BCUT2D eigenvalue weighted by Gasteiger charge is 2.41. The van der Waals surface area contributed by atoms with E-state index in [0.717, 1.165) is 42.3 Å². The maximum atomic E-state index is 13.3. The van der Waals surface area contributed by atoms with E-state index < -0.39 is 0 Å². The van der Waals surface area contributed by atoms with Gasteiger partial charge < -0.3 is 4.90 Å². The van der Waals surface area contributed by atoms with Crippen molar-refractivity contribution in [1.29, 1.82) is 0 Å². The van der Waals surface area contributed by atoms with E-state index in [2.05, 4.69) is 15.1 Å². The number of hydrogen-bond donors (Lipinski definition) is 0. The minimum absolute atomic E-state index is 0.0178. The van der Waals surface area contributed by atoms with Gasteiger partial charge in [0.25, 0.3) is 5.91 Å². The van der Waals surface area contributed by atoms with Crippen molar-refractivity contribution < 1.29 is 4.79 Å². The molecule has 4 heterocycles. The first-order valence-corrected chi connectivity index (χ1v) is 9.45. The first kappa shape index (κ1) is 16.4. The molecule has 0 spiro atoms. The molecule has 1 aliphatic heterocycles. The average Bonchev–Trinajstić information content (AvgIpc) is 3.25. The topological polar surface area (TPSA) is 76.3 Å². The van der Waals surface area contributed by atoms with Gasteiger partial charge in [-0.25, -0.2) is 19.5 Å². The summed E-state index contributed by atoms with van der Waals surface area (Å²) < 4.78 is 1.75. The fraction of sp³-hybridized carbons (Fsp3) is 0.450. The Kier molecular flexibility index (Phi) is 3.54. The van der Waals surface area contributed by atoms with E-state index in [1.54, 1.807) is 10.7 Å². The third-order valence-electron chi connectivity index (χ3n) is 5.89. The third-order valence-corrected chi connectivity index (χ3v) is 5.89. The van der Waals surface area contributed by atoms with Crippen molar-refractivity contribution in [2.24, 2.45) is 5.92 Å². The molecule has 7 nitrogen and oxygen atoms in total. The van der Waals surface area contributed by atoms with E-state index in [1.165, 1.54) is 5.56 Å². The van der Waals surface area contributed by atoms with Gasteiger partial charge in [0.1, 0.15) is 11.4 Å². The van der Waals surface area contributed by atoms with Crippen molar-refractivity contribution in [3.8, 4) is 0 Å². The molecule has 0 unspecified atom stereocenters. The molecular weight excluding hydrogens is 340 g/mol. The predicted molar refractivity (Wildman–Crippen MR) is 99.7 cm³/mol. The molecule has 5 rings (SSSR count). The maximum absolute atomic E-state index is 13.3. The monoisotopic (exact) mass is 362 g/mol. The number of carbonyl (C=O) groups excluding carboxylic acids is 1. The molecule has 3 aromatic heterocycles. The number of fused-ring (bicyclic) bond motifs is 4. The summed E-state index contributed by atoms with van der Waals surface area (Å²) in [7, 11) is 0. The average molecular weight is 362 g/mol. The number of aromatic nitrogens is 5. The number of nitrogens with zero attached hydrogens (tertiary/aromatic N) is 6. The number of hydrogen-bond acceptors (Lipinski definition) is 5. The minimum Gasteiger partial charge on any atom is -0.337 e. The zero-order valence-electron chi connectivity index (χ0n) is 15.8. The summed E-state index contributed by atoms with van der Waals surface area (Å²) >= 11 is 0. The third kappa shape index (κ3) is 2.52. The first-order valence-electron chi connectivity index (χ1n) is 9.45. The van der Waals surface area contributed by atoms with Crippen molar-refractivity contribution in [1.82, 2.24) is 29.5 Å². The normalized spacial score (nSPS) is 21.4. The highest BCUT2D eigenvalue weighted by Crippen LogP contribution is 2.40. The Morgan fingerprint density at radius 3 is 2.85 bits per heavy atom. The highest BCUT2D eigenvalue weighted by atomic mass is 16.2. The van der Waals surface area contributed by atoms with Gasteiger partial charge in [-0.2, -0.15) is 5.10 Å². The van der Waals surface area contributed by atoms with Crippen LogP contribution >= 0.6 is 0 Å². The number of likely N-dealkylation sites (tertiary alicyclic amines) is 1. The Morgan fingerprint density at radius 1 is 1.15 bits per heavy atom. The number of aryl methyl sites for hydroxylation is 4. The van der Waals surface area contributed by atoms with Crippen LogP contribution in [0.15, 0.2) is 18.5 Å². The molecule has 7 heteroatoms. The summed E-state index contributed by atoms with van der Waals surface area (Å²) in [4.78, 5) is 28.8. The van der Waals surface area contributed by atoms with Gasteiger partial charge in [0.05, 0.1) is 11.9 Å². The molecule has 1 amide bonds. The van der Waals surface area contributed by atoms with Crippen molar-refractivity contribution in [2.75, 3.05) is 13.1 Å². The van der Waals surface area contributed by atoms with Crippen LogP contribution in [0.2, 0.25) is 0 Å². The summed E-state index contributed by atoms with van der Waals surface area (Å²) in [5, 5.41) is 4.38. The smallest absolute Gasteiger partial charge is 0.259 e.